The summed E-state index contributed by atoms with van der Waals surface area (Å²) in [5, 5.41) is 20.7. The van der Waals surface area contributed by atoms with Gasteiger partial charge in [0.15, 0.2) is 5.82 Å². The average Bonchev–Trinajstić information content (AvgIpc) is 3.54. The minimum atomic E-state index is -2.20. The van der Waals surface area contributed by atoms with Crippen LogP contribution in [0.2, 0.25) is 0 Å². The van der Waals surface area contributed by atoms with Gasteiger partial charge in [0, 0.05) is 62.3 Å². The third-order valence-electron chi connectivity index (χ3n) is 9.03. The normalized spacial score (nSPS) is 18.7. The van der Waals surface area contributed by atoms with E-state index in [1.54, 1.807) is 40.7 Å². The van der Waals surface area contributed by atoms with Crippen molar-refractivity contribution < 1.29 is 9.35 Å². The smallest absolute Gasteiger partial charge is 0.323 e. The molecular formula is C35H45N11O2S. The molecule has 0 spiro atoms. The number of piperidine rings is 1. The van der Waals surface area contributed by atoms with E-state index in [-0.39, 0.29) is 24.2 Å². The predicted octanol–water partition coefficient (Wildman–Crippen LogP) is 5.05. The van der Waals surface area contributed by atoms with Crippen LogP contribution in [0.15, 0.2) is 71.6 Å². The quantitative estimate of drug-likeness (QED) is 0.177. The first-order valence-corrected chi connectivity index (χ1v) is 19.4. The largest absolute Gasteiger partial charge is 0.355 e. The zero-order valence-corrected chi connectivity index (χ0v) is 29.2. The molecule has 0 atom stereocenters. The molecule has 1 aliphatic carbocycles. The lowest BCUT2D eigenvalue weighted by atomic mass is 9.90. The van der Waals surface area contributed by atoms with Crippen molar-refractivity contribution in [3.05, 3.63) is 78.4 Å². The van der Waals surface area contributed by atoms with Gasteiger partial charge in [0.25, 0.3) is 0 Å². The van der Waals surface area contributed by atoms with Gasteiger partial charge in [0.05, 0.1) is 18.4 Å². The summed E-state index contributed by atoms with van der Waals surface area (Å²) in [5.74, 6) is 1.74. The highest BCUT2D eigenvalue weighted by Gasteiger charge is 2.31. The van der Waals surface area contributed by atoms with Gasteiger partial charge >= 0.3 is 6.03 Å². The zero-order chi connectivity index (χ0) is 34.4. The van der Waals surface area contributed by atoms with E-state index < -0.39 is 10.1 Å². The van der Waals surface area contributed by atoms with Crippen molar-refractivity contribution in [1.29, 1.82) is 5.26 Å². The van der Waals surface area contributed by atoms with Crippen LogP contribution in [0.5, 0.6) is 0 Å². The number of nitriles is 1. The molecule has 6 rings (SSSR count). The number of carbonyl (C=O) groups is 1. The van der Waals surface area contributed by atoms with Crippen LogP contribution in [0, 0.1) is 11.3 Å². The van der Waals surface area contributed by atoms with Gasteiger partial charge < -0.3 is 20.1 Å². The van der Waals surface area contributed by atoms with Crippen molar-refractivity contribution in [2.45, 2.75) is 63.2 Å². The van der Waals surface area contributed by atoms with E-state index in [2.05, 4.69) is 36.0 Å². The van der Waals surface area contributed by atoms with Gasteiger partial charge in [-0.25, -0.2) is 14.8 Å². The Hall–Kier alpha value is -4.87. The molecular weight excluding hydrogens is 639 g/mol. The Morgan fingerprint density at radius 2 is 1.78 bits per heavy atom. The highest BCUT2D eigenvalue weighted by Crippen LogP contribution is 2.30. The Bertz CT molecular complexity index is 1810. The Morgan fingerprint density at radius 3 is 2.41 bits per heavy atom. The molecule has 0 unspecified atom stereocenters. The second kappa shape index (κ2) is 15.1. The van der Waals surface area contributed by atoms with Crippen LogP contribution >= 0.6 is 0 Å². The number of rotatable bonds is 9. The number of aryl methyl sites for hydroxylation is 1. The number of thiol groups is 1. The SMILES string of the molecule is Cn1cc(-c2ccc(N(C(=O)NCc3ccccc3)C3CCC(Nc4ncc(C#N)c(N5CCC(N=[SH](C)(C)O)CC5)n4)CC3)nc2)cn1. The van der Waals surface area contributed by atoms with Gasteiger partial charge in [-0.2, -0.15) is 15.3 Å². The number of carbonyl (C=O) groups excluding carboxylic acids is 1. The number of pyridine rings is 1. The summed E-state index contributed by atoms with van der Waals surface area (Å²) in [4.78, 5) is 31.7. The van der Waals surface area contributed by atoms with E-state index in [9.17, 15) is 14.6 Å². The number of hydrogen-bond acceptors (Lipinski definition) is 9. The zero-order valence-electron chi connectivity index (χ0n) is 28.3. The first kappa shape index (κ1) is 34.0. The maximum absolute atomic E-state index is 13.8. The number of amides is 2. The lowest BCUT2D eigenvalue weighted by Crippen LogP contribution is -2.49. The number of anilines is 3. The fourth-order valence-corrected chi connectivity index (χ4v) is 7.63. The van der Waals surface area contributed by atoms with Crippen molar-refractivity contribution in [2.75, 3.05) is 40.7 Å². The van der Waals surface area contributed by atoms with Crippen LogP contribution in [0.4, 0.5) is 22.4 Å². The second-order valence-corrected chi connectivity index (χ2v) is 16.1. The molecule has 4 heterocycles. The summed E-state index contributed by atoms with van der Waals surface area (Å²) in [5.41, 5.74) is 3.37. The molecule has 3 aromatic heterocycles. The Morgan fingerprint density at radius 1 is 1.02 bits per heavy atom. The van der Waals surface area contributed by atoms with Gasteiger partial charge in [0.1, 0.15) is 17.5 Å². The number of nitrogens with one attached hydrogen (secondary N) is 2. The molecule has 1 saturated heterocycles. The van der Waals surface area contributed by atoms with Crippen molar-refractivity contribution in [1.82, 2.24) is 30.0 Å². The van der Waals surface area contributed by atoms with Crippen LogP contribution in [-0.2, 0) is 23.7 Å². The van der Waals surface area contributed by atoms with Crippen LogP contribution < -0.4 is 20.4 Å². The predicted molar refractivity (Wildman–Crippen MR) is 195 cm³/mol. The minimum Gasteiger partial charge on any atom is -0.355 e. The van der Waals surface area contributed by atoms with Crippen LogP contribution in [0.3, 0.4) is 0 Å². The van der Waals surface area contributed by atoms with Gasteiger partial charge in [-0.1, -0.05) is 30.3 Å². The lowest BCUT2D eigenvalue weighted by Gasteiger charge is -2.36. The third kappa shape index (κ3) is 8.79. The summed E-state index contributed by atoms with van der Waals surface area (Å²) in [6.45, 7) is 1.85. The minimum absolute atomic E-state index is 0.0407. The number of benzene rings is 1. The average molecular weight is 684 g/mol. The molecule has 1 aromatic carbocycles. The van der Waals surface area contributed by atoms with E-state index in [1.807, 2.05) is 55.7 Å². The summed E-state index contributed by atoms with van der Waals surface area (Å²) in [6, 6.07) is 16.0. The maximum atomic E-state index is 13.8. The summed E-state index contributed by atoms with van der Waals surface area (Å²) in [6.07, 6.45) is 15.5. The van der Waals surface area contributed by atoms with Crippen molar-refractivity contribution in [2.24, 2.45) is 11.4 Å². The fourth-order valence-electron chi connectivity index (χ4n) is 6.60. The van der Waals surface area contributed by atoms with Gasteiger partial charge in [0.2, 0.25) is 5.95 Å². The molecule has 1 aliphatic heterocycles. The molecule has 258 valence electrons. The number of nitrogens with zero attached hydrogens (tertiary/aromatic N) is 9. The van der Waals surface area contributed by atoms with E-state index >= 15 is 0 Å². The maximum Gasteiger partial charge on any atom is 0.323 e. The first-order chi connectivity index (χ1) is 23.6. The number of urea groups is 1. The second-order valence-electron chi connectivity index (χ2n) is 13.2. The molecule has 13 nitrogen and oxygen atoms in total. The van der Waals surface area contributed by atoms with E-state index in [0.29, 0.717) is 42.8 Å². The fraction of sp³-hybridized carbons (Fsp3) is 0.429. The highest BCUT2D eigenvalue weighted by molar-refractivity contribution is 7.98. The summed E-state index contributed by atoms with van der Waals surface area (Å²) in [7, 11) is -0.318. The number of aromatic nitrogens is 5. The molecule has 2 aliphatic rings. The molecule has 2 amide bonds. The van der Waals surface area contributed by atoms with Gasteiger partial charge in [-0.05, 0) is 68.7 Å². The summed E-state index contributed by atoms with van der Waals surface area (Å²) >= 11 is 0. The van der Waals surface area contributed by atoms with Crippen LogP contribution in [0.25, 0.3) is 11.1 Å². The first-order valence-electron chi connectivity index (χ1n) is 16.8. The van der Waals surface area contributed by atoms with E-state index in [0.717, 1.165) is 55.2 Å². The van der Waals surface area contributed by atoms with Crippen molar-refractivity contribution >= 4 is 33.7 Å². The molecule has 0 bridgehead atoms. The monoisotopic (exact) mass is 683 g/mol. The number of hydrogen-bond donors (Lipinski definition) is 4. The summed E-state index contributed by atoms with van der Waals surface area (Å²) < 4.78 is 16.6. The molecule has 14 heteroatoms. The standard InChI is InChI=1S/C35H45N11O2S/c1-44-24-28(23-40-44)26-9-14-32(37-21-26)46(35(47)39-20-25-7-5-4-6-8-25)31-12-10-29(11-13-31)41-34-38-22-27(19-36)33(42-34)45-17-15-30(16-18-45)43-49(2,3)48/h4-9,14,21-24,29-31,49H,10-13,15-18,20H2,1-3H3,(H,39,47)(H,43,48)(H,38,41,42). The van der Waals surface area contributed by atoms with Crippen molar-refractivity contribution in [3.63, 3.8) is 0 Å². The molecule has 1 saturated carbocycles. The molecule has 3 N–H and O–H groups in total. The Balaban J connectivity index is 1.12. The van der Waals surface area contributed by atoms with Crippen LogP contribution in [0.1, 0.15) is 49.7 Å². The van der Waals surface area contributed by atoms with Crippen LogP contribution in [-0.4, -0.2) is 79.0 Å². The Kier molecular flexibility index (Phi) is 10.5. The molecule has 49 heavy (non-hydrogen) atoms. The third-order valence-corrected chi connectivity index (χ3v) is 9.92. The molecule has 4 aromatic rings. The molecule has 2 fully saturated rings. The van der Waals surface area contributed by atoms with Gasteiger partial charge in [-0.3, -0.25) is 13.9 Å². The Labute approximate surface area is 288 Å². The molecule has 0 radical (unpaired) electrons. The van der Waals surface area contributed by atoms with E-state index in [1.165, 1.54) is 0 Å². The van der Waals surface area contributed by atoms with E-state index in [4.69, 9.17) is 9.97 Å². The van der Waals surface area contributed by atoms with Gasteiger partial charge in [-0.15, -0.1) is 10.1 Å². The highest BCUT2D eigenvalue weighted by atomic mass is 32.3. The van der Waals surface area contributed by atoms with Crippen molar-refractivity contribution in [3.8, 4) is 17.2 Å². The lowest BCUT2D eigenvalue weighted by molar-refractivity contribution is 0.240. The topological polar surface area (TPSA) is 160 Å².